The zero-order valence-corrected chi connectivity index (χ0v) is 17.8. The van der Waals surface area contributed by atoms with Crippen molar-refractivity contribution in [2.45, 2.75) is 51.4 Å². The number of thiocarbonyl (C=S) groups is 1. The molecule has 0 aliphatic carbocycles. The van der Waals surface area contributed by atoms with Crippen LogP contribution in [-0.4, -0.2) is 43.8 Å². The number of unbranched alkanes of at least 4 members (excludes halogenated alkanes) is 6. The fraction of sp³-hybridized carbons (Fsp3) is 0.429. The van der Waals surface area contributed by atoms with E-state index in [4.69, 9.17) is 22.4 Å². The molecule has 2 rings (SSSR count). The molecule has 0 atom stereocenters. The van der Waals surface area contributed by atoms with E-state index in [0.717, 1.165) is 50.5 Å². The lowest BCUT2D eigenvalue weighted by Gasteiger charge is -2.14. The van der Waals surface area contributed by atoms with E-state index in [1.807, 2.05) is 0 Å². The Kier molecular flexibility index (Phi) is 9.34. The van der Waals surface area contributed by atoms with Crippen LogP contribution in [0.2, 0.25) is 0 Å². The third-order valence-corrected chi connectivity index (χ3v) is 5.98. The van der Waals surface area contributed by atoms with Crippen molar-refractivity contribution in [2.24, 2.45) is 0 Å². The highest BCUT2D eigenvalue weighted by Crippen LogP contribution is 2.32. The van der Waals surface area contributed by atoms with Gasteiger partial charge in [0.15, 0.2) is 0 Å². The summed E-state index contributed by atoms with van der Waals surface area (Å²) >= 11 is 6.61. The van der Waals surface area contributed by atoms with Gasteiger partial charge in [0, 0.05) is 13.0 Å². The smallest absolute Gasteiger partial charge is 0.335 e. The van der Waals surface area contributed by atoms with Gasteiger partial charge in [-0.15, -0.1) is 0 Å². The quantitative estimate of drug-likeness (QED) is 0.277. The van der Waals surface area contributed by atoms with Crippen molar-refractivity contribution < 1.29 is 24.6 Å². The maximum atomic E-state index is 12.6. The number of benzene rings is 1. The molecule has 29 heavy (non-hydrogen) atoms. The van der Waals surface area contributed by atoms with Crippen molar-refractivity contribution in [1.82, 2.24) is 4.90 Å². The summed E-state index contributed by atoms with van der Waals surface area (Å²) in [5.41, 5.74) is 0.968. The Bertz CT molecular complexity index is 789. The average molecular weight is 436 g/mol. The molecule has 1 heterocycles. The van der Waals surface area contributed by atoms with Crippen LogP contribution in [0.5, 0.6) is 0 Å². The predicted molar refractivity (Wildman–Crippen MR) is 118 cm³/mol. The van der Waals surface area contributed by atoms with Crippen LogP contribution in [0, 0.1) is 0 Å². The predicted octanol–water partition coefficient (Wildman–Crippen LogP) is 4.79. The second kappa shape index (κ2) is 11.7. The summed E-state index contributed by atoms with van der Waals surface area (Å²) in [5.74, 6) is -1.82. The molecule has 1 aliphatic heterocycles. The van der Waals surface area contributed by atoms with Gasteiger partial charge in [0.25, 0.3) is 5.91 Å². The molecule has 0 spiro atoms. The van der Waals surface area contributed by atoms with Crippen molar-refractivity contribution in [3.05, 3.63) is 40.3 Å². The van der Waals surface area contributed by atoms with Gasteiger partial charge in [0.05, 0.1) is 10.5 Å². The van der Waals surface area contributed by atoms with Gasteiger partial charge in [-0.1, -0.05) is 68.2 Å². The molecule has 6 nitrogen and oxygen atoms in total. The Morgan fingerprint density at radius 2 is 1.55 bits per heavy atom. The summed E-state index contributed by atoms with van der Waals surface area (Å²) in [6, 6.07) is 6.37. The monoisotopic (exact) mass is 435 g/mol. The number of thioether (sulfide) groups is 1. The first kappa shape index (κ1) is 23.1. The first-order valence-electron chi connectivity index (χ1n) is 9.69. The van der Waals surface area contributed by atoms with E-state index in [1.54, 1.807) is 23.1 Å². The van der Waals surface area contributed by atoms with E-state index >= 15 is 0 Å². The van der Waals surface area contributed by atoms with Crippen molar-refractivity contribution in [2.75, 3.05) is 6.54 Å². The summed E-state index contributed by atoms with van der Waals surface area (Å²) < 4.78 is 0.553. The lowest BCUT2D eigenvalue weighted by atomic mass is 10.1. The lowest BCUT2D eigenvalue weighted by Crippen LogP contribution is -2.29. The molecule has 1 amide bonds. The highest BCUT2D eigenvalue weighted by atomic mass is 32.2. The molecule has 1 fully saturated rings. The fourth-order valence-electron chi connectivity index (χ4n) is 3.00. The highest BCUT2D eigenvalue weighted by Gasteiger charge is 2.31. The second-order valence-corrected chi connectivity index (χ2v) is 8.55. The van der Waals surface area contributed by atoms with Gasteiger partial charge < -0.3 is 10.2 Å². The van der Waals surface area contributed by atoms with Gasteiger partial charge >= 0.3 is 11.9 Å². The highest BCUT2D eigenvalue weighted by molar-refractivity contribution is 8.26. The first-order valence-corrected chi connectivity index (χ1v) is 10.9. The molecule has 1 saturated heterocycles. The molecule has 156 valence electrons. The van der Waals surface area contributed by atoms with Gasteiger partial charge in [-0.2, -0.15) is 0 Å². The summed E-state index contributed by atoms with van der Waals surface area (Å²) in [6.45, 7) is 0.596. The van der Waals surface area contributed by atoms with Crippen LogP contribution in [0.1, 0.15) is 67.3 Å². The van der Waals surface area contributed by atoms with Crippen LogP contribution in [-0.2, 0) is 9.59 Å². The van der Waals surface area contributed by atoms with E-state index in [9.17, 15) is 14.4 Å². The summed E-state index contributed by atoms with van der Waals surface area (Å²) in [4.78, 5) is 36.1. The summed E-state index contributed by atoms with van der Waals surface area (Å²) in [7, 11) is 0. The first-order chi connectivity index (χ1) is 13.9. The number of carbonyl (C=O) groups is 3. The number of carboxylic acid groups (broad SMARTS) is 2. The summed E-state index contributed by atoms with van der Waals surface area (Å²) in [5, 5.41) is 17.5. The number of nitrogens with zero attached hydrogens (tertiary/aromatic N) is 1. The minimum atomic E-state index is -0.983. The van der Waals surface area contributed by atoms with E-state index < -0.39 is 11.9 Å². The van der Waals surface area contributed by atoms with Crippen LogP contribution in [0.4, 0.5) is 0 Å². The van der Waals surface area contributed by atoms with Crippen molar-refractivity contribution in [1.29, 1.82) is 0 Å². The molecule has 1 aromatic carbocycles. The van der Waals surface area contributed by atoms with Gasteiger partial charge in [0.1, 0.15) is 4.32 Å². The van der Waals surface area contributed by atoms with Crippen LogP contribution in [0.15, 0.2) is 29.2 Å². The molecule has 0 bridgehead atoms. The molecular formula is C21H25NO5S2. The second-order valence-electron chi connectivity index (χ2n) is 6.88. The number of carbonyl (C=O) groups excluding carboxylic acids is 1. The Morgan fingerprint density at radius 3 is 2.14 bits per heavy atom. The van der Waals surface area contributed by atoms with E-state index in [1.165, 1.54) is 23.9 Å². The van der Waals surface area contributed by atoms with E-state index in [0.29, 0.717) is 15.8 Å². The largest absolute Gasteiger partial charge is 0.481 e. The number of hydrogen-bond donors (Lipinski definition) is 2. The molecular weight excluding hydrogens is 410 g/mol. The van der Waals surface area contributed by atoms with Gasteiger partial charge in [0.2, 0.25) is 0 Å². The van der Waals surface area contributed by atoms with Crippen LogP contribution >= 0.6 is 24.0 Å². The third kappa shape index (κ3) is 7.62. The third-order valence-electron chi connectivity index (χ3n) is 4.60. The van der Waals surface area contributed by atoms with Gasteiger partial charge in [-0.3, -0.25) is 14.5 Å². The molecule has 1 aromatic rings. The molecule has 0 saturated carbocycles. The Balaban J connectivity index is 1.73. The van der Waals surface area contributed by atoms with Gasteiger partial charge in [-0.05, 0) is 36.6 Å². The van der Waals surface area contributed by atoms with Gasteiger partial charge in [-0.25, -0.2) is 4.79 Å². The molecule has 1 aliphatic rings. The topological polar surface area (TPSA) is 94.9 Å². The SMILES string of the molecule is O=C(O)CCCCCCCCCN1C(=O)/C(=C/c2ccc(C(=O)O)cc2)SC1=S. The zero-order valence-electron chi connectivity index (χ0n) is 16.1. The normalized spacial score (nSPS) is 15.3. The maximum absolute atomic E-state index is 12.6. The molecule has 0 aromatic heterocycles. The van der Waals surface area contributed by atoms with E-state index in [2.05, 4.69) is 0 Å². The van der Waals surface area contributed by atoms with Crippen molar-refractivity contribution in [3.8, 4) is 0 Å². The Labute approximate surface area is 180 Å². The molecule has 8 heteroatoms. The minimum Gasteiger partial charge on any atom is -0.481 e. The summed E-state index contributed by atoms with van der Waals surface area (Å²) in [6.07, 6.45) is 8.72. The number of amides is 1. The van der Waals surface area contributed by atoms with Crippen LogP contribution < -0.4 is 0 Å². The van der Waals surface area contributed by atoms with Crippen LogP contribution in [0.3, 0.4) is 0 Å². The lowest BCUT2D eigenvalue weighted by molar-refractivity contribution is -0.137. The number of aromatic carboxylic acids is 1. The Hall–Kier alpha value is -2.19. The number of carboxylic acids is 2. The average Bonchev–Trinajstić information content (AvgIpc) is 2.94. The molecule has 2 N–H and O–H groups in total. The molecule has 0 unspecified atom stereocenters. The molecule has 0 radical (unpaired) electrons. The number of aliphatic carboxylic acids is 1. The fourth-order valence-corrected chi connectivity index (χ4v) is 4.30. The number of hydrogen-bond acceptors (Lipinski definition) is 5. The van der Waals surface area contributed by atoms with Crippen molar-refractivity contribution in [3.63, 3.8) is 0 Å². The number of rotatable bonds is 12. The standard InChI is InChI=1S/C21H25NO5S2/c23-18(24)8-6-4-2-1-3-5-7-13-22-19(25)17(29-21(22)28)14-15-9-11-16(12-10-15)20(26)27/h9-12,14H,1-8,13H2,(H,23,24)(H,26,27)/b17-14-. The van der Waals surface area contributed by atoms with Crippen molar-refractivity contribution >= 4 is 52.2 Å². The maximum Gasteiger partial charge on any atom is 0.335 e. The zero-order chi connectivity index (χ0) is 21.2. The van der Waals surface area contributed by atoms with Crippen LogP contribution in [0.25, 0.3) is 6.08 Å². The van der Waals surface area contributed by atoms with E-state index in [-0.39, 0.29) is 17.9 Å². The minimum absolute atomic E-state index is 0.101. The Morgan fingerprint density at radius 1 is 0.966 bits per heavy atom.